The Morgan fingerprint density at radius 2 is 1.52 bits per heavy atom. The molecule has 19 atom stereocenters. The number of cyclic esters (lactones) is 1. The van der Waals surface area contributed by atoms with Gasteiger partial charge in [0.15, 0.2) is 5.78 Å². The smallest absolute Gasteiger partial charge is 0.329 e. The monoisotopic (exact) mass is 1060 g/mol. The summed E-state index contributed by atoms with van der Waals surface area (Å²) in [5.41, 5.74) is 0.912. The lowest BCUT2D eigenvalue weighted by Gasteiger charge is -2.43. The van der Waals surface area contributed by atoms with Gasteiger partial charge in [0.25, 0.3) is 11.7 Å². The van der Waals surface area contributed by atoms with Crippen molar-refractivity contribution in [2.75, 3.05) is 34.0 Å². The zero-order valence-corrected chi connectivity index (χ0v) is 45.6. The van der Waals surface area contributed by atoms with Crippen molar-refractivity contribution >= 4 is 29.2 Å². The van der Waals surface area contributed by atoms with Crippen molar-refractivity contribution in [1.29, 1.82) is 0 Å². The molecule has 0 radical (unpaired) electrons. The van der Waals surface area contributed by atoms with Gasteiger partial charge < -0.3 is 69.4 Å². The molecule has 1 saturated carbocycles. The highest BCUT2D eigenvalue weighted by molar-refractivity contribution is 6.39. The van der Waals surface area contributed by atoms with E-state index in [0.717, 1.165) is 4.90 Å². The molecule has 19 heteroatoms. The number of Topliss-reactive ketones (excluding diaryl/α,β-unsaturated/α-hetero) is 3. The Morgan fingerprint density at radius 3 is 2.19 bits per heavy atom. The first-order chi connectivity index (χ1) is 35.4. The first kappa shape index (κ1) is 64.0. The number of carbonyl (C=O) groups is 5. The molecule has 0 aromatic rings. The van der Waals surface area contributed by atoms with E-state index in [-0.39, 0.29) is 61.7 Å². The minimum absolute atomic E-state index is 0.00685. The van der Waals surface area contributed by atoms with Gasteiger partial charge in [-0.05, 0) is 107 Å². The highest BCUT2D eigenvalue weighted by Gasteiger charge is 2.53. The first-order valence-electron chi connectivity index (χ1n) is 27.0. The van der Waals surface area contributed by atoms with Gasteiger partial charge in [-0.15, -0.1) is 0 Å². The summed E-state index contributed by atoms with van der Waals surface area (Å²) in [5.74, 6) is -9.14. The fourth-order valence-corrected chi connectivity index (χ4v) is 10.9. The molecule has 3 fully saturated rings. The van der Waals surface area contributed by atoms with Crippen LogP contribution >= 0.6 is 0 Å². The third-order valence-corrected chi connectivity index (χ3v) is 16.0. The van der Waals surface area contributed by atoms with Gasteiger partial charge in [0.05, 0.1) is 37.6 Å². The summed E-state index contributed by atoms with van der Waals surface area (Å²) in [6.07, 6.45) is 0.805. The van der Waals surface area contributed by atoms with Crippen LogP contribution in [0.3, 0.4) is 0 Å². The third-order valence-electron chi connectivity index (χ3n) is 16.0. The molecule has 0 aromatic carbocycles. The molecule has 2 saturated heterocycles. The molecule has 1 amide bonds. The normalized spacial score (nSPS) is 38.4. The van der Waals surface area contributed by atoms with E-state index in [4.69, 9.17) is 23.7 Å². The number of piperidine rings is 1. The molecule has 426 valence electrons. The largest absolute Gasteiger partial charge is 0.460 e. The van der Waals surface area contributed by atoms with Crippen molar-refractivity contribution in [3.05, 3.63) is 47.6 Å². The average Bonchev–Trinajstić information content (AvgIpc) is 3.39. The highest BCUT2D eigenvalue weighted by atomic mass is 16.6. The lowest BCUT2D eigenvalue weighted by atomic mass is 9.78. The van der Waals surface area contributed by atoms with E-state index >= 15 is 0 Å². The molecule has 1 aliphatic carbocycles. The number of esters is 1. The molecular weight excluding hydrogens is 975 g/mol. The number of ketones is 3. The van der Waals surface area contributed by atoms with Gasteiger partial charge in [0, 0.05) is 51.4 Å². The summed E-state index contributed by atoms with van der Waals surface area (Å²) < 4.78 is 29.7. The van der Waals surface area contributed by atoms with Gasteiger partial charge in [-0.3, -0.25) is 19.2 Å². The molecule has 3 aliphatic heterocycles. The molecule has 0 spiro atoms. The van der Waals surface area contributed by atoms with E-state index in [1.807, 2.05) is 19.9 Å². The summed E-state index contributed by atoms with van der Waals surface area (Å²) in [6, 6.07) is -1.24. The van der Waals surface area contributed by atoms with E-state index in [0.29, 0.717) is 62.5 Å². The fourth-order valence-electron chi connectivity index (χ4n) is 10.9. The highest BCUT2D eigenvalue weighted by Crippen LogP contribution is 2.38. The van der Waals surface area contributed by atoms with Crippen LogP contribution in [0.1, 0.15) is 126 Å². The molecular formula is C56H89NO18. The molecule has 4 aliphatic rings. The van der Waals surface area contributed by atoms with Crippen LogP contribution in [0.5, 0.6) is 0 Å². The molecule has 4 rings (SSSR count). The minimum Gasteiger partial charge on any atom is -0.460 e. The van der Waals surface area contributed by atoms with Gasteiger partial charge in [-0.25, -0.2) is 4.79 Å². The predicted octanol–water partition coefficient (Wildman–Crippen LogP) is 2.99. The van der Waals surface area contributed by atoms with Gasteiger partial charge in [0.1, 0.15) is 54.6 Å². The van der Waals surface area contributed by atoms with Gasteiger partial charge in [0.2, 0.25) is 5.79 Å². The van der Waals surface area contributed by atoms with Crippen molar-refractivity contribution < 1.29 is 88.5 Å². The topological polar surface area (TPSA) is 297 Å². The second-order valence-corrected chi connectivity index (χ2v) is 22.0. The molecule has 19 nitrogen and oxygen atoms in total. The van der Waals surface area contributed by atoms with E-state index < -0.39 is 127 Å². The van der Waals surface area contributed by atoms with Crippen LogP contribution in [0.4, 0.5) is 0 Å². The number of fused-ring (bicyclic) bond motifs is 3. The standard InChI is InChI=1S/C56H89NO18/c1-31-15-11-10-12-16-32(2)45(73-30-44(62)51(66)50(65)43(61)29-58)27-39-20-18-37(7)56(70,75-39)53(67)54(68)57-22-14-13-17-40(57)55(69)74-46(34(4)25-38-19-21-41(59)47(26-38)71-8)28-42(60)33(3)24-36(6)49(64)52(72-9)48(63)35(5)23-31/h10-12,15-16,24,31,33-35,37-41,43-47,49-52,58-59,61-62,64-66,70H,13-14,17-23,25-30H2,1-9H3/b12-10+,15-11+,32-16+,36-24+/t31-,33-,34-,35-,37-,38+,39+,40+,41-,43-,44+,45?,46+,47-,49-,50+,51-,52+,56-/m1/s1. The second-order valence-electron chi connectivity index (χ2n) is 22.0. The Morgan fingerprint density at radius 1 is 0.827 bits per heavy atom. The molecule has 8 N–H and O–H groups in total. The average molecular weight is 1060 g/mol. The first-order valence-corrected chi connectivity index (χ1v) is 27.0. The SMILES string of the molecule is CO[C@@H]1C[C@H](C[C@@H](C)[C@@H]2CC(=O)[C@H](C)/C=C(\C)[C@@H](O)[C@@H](OC)C(=O)[C@H](C)C[C@H](C)/C=C/C=C/C=C(\C)C(OC[C@H](O)[C@@H](O)[C@@H](O)[C@H](O)CO)C[C@@H]3CC[C@@H](C)[C@@](O)(O3)C(=O)C(=O)N3CCCC[C@H]3C(=O)O2)CC[C@H]1O. The predicted molar refractivity (Wildman–Crippen MR) is 275 cm³/mol. The molecule has 3 heterocycles. The van der Waals surface area contributed by atoms with Crippen molar-refractivity contribution in [3.63, 3.8) is 0 Å². The van der Waals surface area contributed by atoms with Crippen LogP contribution in [-0.2, 0) is 47.7 Å². The Labute approximate surface area is 443 Å². The number of carbonyl (C=O) groups excluding carboxylic acids is 5. The lowest BCUT2D eigenvalue weighted by Crippen LogP contribution is -2.61. The molecule has 75 heavy (non-hydrogen) atoms. The van der Waals surface area contributed by atoms with Crippen molar-refractivity contribution in [2.45, 2.75) is 204 Å². The minimum atomic E-state index is -2.63. The number of allylic oxidation sites excluding steroid dienone is 6. The van der Waals surface area contributed by atoms with E-state index in [2.05, 4.69) is 0 Å². The zero-order valence-electron chi connectivity index (χ0n) is 45.6. The van der Waals surface area contributed by atoms with Gasteiger partial charge in [-0.1, -0.05) is 71.1 Å². The van der Waals surface area contributed by atoms with E-state index in [1.54, 1.807) is 72.1 Å². The Balaban J connectivity index is 1.73. The summed E-state index contributed by atoms with van der Waals surface area (Å²) in [4.78, 5) is 72.5. The number of aliphatic hydroxyl groups excluding tert-OH is 7. The summed E-state index contributed by atoms with van der Waals surface area (Å²) in [7, 11) is 2.88. The number of amides is 1. The van der Waals surface area contributed by atoms with Gasteiger partial charge in [-0.2, -0.15) is 0 Å². The van der Waals surface area contributed by atoms with Crippen molar-refractivity contribution in [1.82, 2.24) is 4.90 Å². The number of rotatable bonds is 12. The van der Waals surface area contributed by atoms with Gasteiger partial charge >= 0.3 is 5.97 Å². The maximum Gasteiger partial charge on any atom is 0.329 e. The second kappa shape index (κ2) is 30.0. The van der Waals surface area contributed by atoms with Crippen LogP contribution in [0, 0.1) is 35.5 Å². The zero-order chi connectivity index (χ0) is 55.9. The number of aliphatic hydroxyl groups is 8. The Hall–Kier alpha value is -3.57. The summed E-state index contributed by atoms with van der Waals surface area (Å²) in [5, 5.41) is 84.9. The summed E-state index contributed by atoms with van der Waals surface area (Å²) >= 11 is 0. The quantitative estimate of drug-likeness (QED) is 0.0792. The number of nitrogens with zero attached hydrogens (tertiary/aromatic N) is 1. The maximum absolute atomic E-state index is 14.5. The molecule has 2 bridgehead atoms. The van der Waals surface area contributed by atoms with Crippen LogP contribution < -0.4 is 0 Å². The number of methoxy groups -OCH3 is 2. The fraction of sp³-hybridized carbons (Fsp3) is 0.768. The van der Waals surface area contributed by atoms with E-state index in [9.17, 15) is 64.8 Å². The molecule has 1 unspecified atom stereocenters. The molecule has 0 aromatic heterocycles. The maximum atomic E-state index is 14.5. The summed E-state index contributed by atoms with van der Waals surface area (Å²) in [6.45, 7) is 10.7. The Bertz CT molecular complexity index is 2010. The number of ether oxygens (including phenoxy) is 5. The number of hydrogen-bond acceptors (Lipinski definition) is 18. The van der Waals surface area contributed by atoms with E-state index in [1.165, 1.54) is 7.11 Å². The van der Waals surface area contributed by atoms with Crippen LogP contribution in [0.2, 0.25) is 0 Å². The third kappa shape index (κ3) is 17.5. The Kier molecular flexibility index (Phi) is 25.6. The van der Waals surface area contributed by atoms with Crippen LogP contribution in [0.25, 0.3) is 0 Å². The van der Waals surface area contributed by atoms with Crippen molar-refractivity contribution in [3.8, 4) is 0 Å². The van der Waals surface area contributed by atoms with Crippen LogP contribution in [-0.4, -0.2) is 188 Å². The van der Waals surface area contributed by atoms with Crippen LogP contribution in [0.15, 0.2) is 47.6 Å². The van der Waals surface area contributed by atoms with Crippen molar-refractivity contribution in [2.24, 2.45) is 35.5 Å². The lowest BCUT2D eigenvalue weighted by molar-refractivity contribution is -0.266. The number of hydrogen-bond donors (Lipinski definition) is 8.